The first kappa shape index (κ1) is 12.9. The number of nitrogens with zero attached hydrogens (tertiary/aromatic N) is 1. The molecular weight excluding hydrogens is 226 g/mol. The predicted molar refractivity (Wildman–Crippen MR) is 73.5 cm³/mol. The van der Waals surface area contributed by atoms with Crippen molar-refractivity contribution in [3.05, 3.63) is 30.3 Å². The monoisotopic (exact) mass is 247 g/mol. The molecule has 0 spiro atoms. The number of amides is 2. The standard InChI is InChI=1S/C14H21N3O/c1-11(15)13-9-5-6-10-17(13)14(18)16-12-7-3-2-4-8-12/h2-4,7-8,11,13H,5-6,9-10,15H2,1H3,(H,16,18). The summed E-state index contributed by atoms with van der Waals surface area (Å²) in [6.07, 6.45) is 3.21. The van der Waals surface area contributed by atoms with Crippen LogP contribution in [0.1, 0.15) is 26.2 Å². The fourth-order valence-electron chi connectivity index (χ4n) is 2.47. The van der Waals surface area contributed by atoms with E-state index < -0.39 is 0 Å². The van der Waals surface area contributed by atoms with E-state index in [2.05, 4.69) is 5.32 Å². The number of carbonyl (C=O) groups excluding carboxylic acids is 1. The molecule has 1 heterocycles. The van der Waals surface area contributed by atoms with E-state index in [1.165, 1.54) is 0 Å². The first-order chi connectivity index (χ1) is 8.68. The molecule has 98 valence electrons. The van der Waals surface area contributed by atoms with Gasteiger partial charge in [-0.2, -0.15) is 0 Å². The Balaban J connectivity index is 2.02. The third kappa shape index (κ3) is 3.01. The van der Waals surface area contributed by atoms with Gasteiger partial charge >= 0.3 is 6.03 Å². The first-order valence-corrected chi connectivity index (χ1v) is 6.57. The zero-order valence-electron chi connectivity index (χ0n) is 10.8. The summed E-state index contributed by atoms with van der Waals surface area (Å²) in [6.45, 7) is 2.77. The van der Waals surface area contributed by atoms with E-state index in [0.717, 1.165) is 31.5 Å². The van der Waals surface area contributed by atoms with Gasteiger partial charge in [-0.25, -0.2) is 4.79 Å². The van der Waals surface area contributed by atoms with Gasteiger partial charge in [-0.1, -0.05) is 18.2 Å². The van der Waals surface area contributed by atoms with E-state index in [-0.39, 0.29) is 18.1 Å². The lowest BCUT2D eigenvalue weighted by Gasteiger charge is -2.37. The van der Waals surface area contributed by atoms with Crippen molar-refractivity contribution < 1.29 is 4.79 Å². The number of urea groups is 1. The van der Waals surface area contributed by atoms with Crippen molar-refractivity contribution in [3.8, 4) is 0 Å². The van der Waals surface area contributed by atoms with Gasteiger partial charge < -0.3 is 16.0 Å². The third-order valence-corrected chi connectivity index (χ3v) is 3.44. The van der Waals surface area contributed by atoms with Gasteiger partial charge in [0.05, 0.1) is 0 Å². The van der Waals surface area contributed by atoms with Crippen LogP contribution in [0, 0.1) is 0 Å². The summed E-state index contributed by atoms with van der Waals surface area (Å²) in [5.41, 5.74) is 6.80. The summed E-state index contributed by atoms with van der Waals surface area (Å²) in [5.74, 6) is 0. The minimum Gasteiger partial charge on any atom is -0.326 e. The largest absolute Gasteiger partial charge is 0.326 e. The summed E-state index contributed by atoms with van der Waals surface area (Å²) in [6, 6.07) is 9.67. The maximum Gasteiger partial charge on any atom is 0.322 e. The number of nitrogens with one attached hydrogen (secondary N) is 1. The van der Waals surface area contributed by atoms with E-state index in [1.807, 2.05) is 42.2 Å². The van der Waals surface area contributed by atoms with Gasteiger partial charge in [0.15, 0.2) is 0 Å². The highest BCUT2D eigenvalue weighted by atomic mass is 16.2. The highest BCUT2D eigenvalue weighted by molar-refractivity contribution is 5.89. The van der Waals surface area contributed by atoms with Gasteiger partial charge in [0.2, 0.25) is 0 Å². The molecule has 2 rings (SSSR count). The van der Waals surface area contributed by atoms with E-state index in [9.17, 15) is 4.79 Å². The summed E-state index contributed by atoms with van der Waals surface area (Å²) in [7, 11) is 0. The van der Waals surface area contributed by atoms with Crippen molar-refractivity contribution >= 4 is 11.7 Å². The first-order valence-electron chi connectivity index (χ1n) is 6.57. The molecule has 0 saturated carbocycles. The molecule has 1 saturated heterocycles. The van der Waals surface area contributed by atoms with Crippen molar-refractivity contribution in [2.45, 2.75) is 38.3 Å². The molecule has 1 fully saturated rings. The highest BCUT2D eigenvalue weighted by Crippen LogP contribution is 2.20. The molecule has 1 aliphatic heterocycles. The topological polar surface area (TPSA) is 58.4 Å². The summed E-state index contributed by atoms with van der Waals surface area (Å²) < 4.78 is 0. The Morgan fingerprint density at radius 2 is 2.11 bits per heavy atom. The molecule has 1 aliphatic rings. The van der Waals surface area contributed by atoms with Crippen LogP contribution in [-0.2, 0) is 0 Å². The van der Waals surface area contributed by atoms with E-state index >= 15 is 0 Å². The van der Waals surface area contributed by atoms with Crippen molar-refractivity contribution in [3.63, 3.8) is 0 Å². The average molecular weight is 247 g/mol. The number of carbonyl (C=O) groups is 1. The molecule has 0 radical (unpaired) electrons. The molecule has 3 N–H and O–H groups in total. The van der Waals surface area contributed by atoms with Crippen molar-refractivity contribution in [2.24, 2.45) is 5.73 Å². The number of piperidine rings is 1. The Bertz CT molecular complexity index is 391. The molecular formula is C14H21N3O. The van der Waals surface area contributed by atoms with Gasteiger partial charge in [0, 0.05) is 24.3 Å². The average Bonchev–Trinajstić information content (AvgIpc) is 2.40. The van der Waals surface area contributed by atoms with Crippen molar-refractivity contribution in [1.82, 2.24) is 4.90 Å². The number of rotatable bonds is 2. The molecule has 1 aromatic rings. The zero-order valence-corrected chi connectivity index (χ0v) is 10.8. The lowest BCUT2D eigenvalue weighted by atomic mass is 9.97. The molecule has 1 aromatic carbocycles. The summed E-state index contributed by atoms with van der Waals surface area (Å²) in [5, 5.41) is 2.93. The van der Waals surface area contributed by atoms with Crippen LogP contribution < -0.4 is 11.1 Å². The highest BCUT2D eigenvalue weighted by Gasteiger charge is 2.29. The number of hydrogen-bond acceptors (Lipinski definition) is 2. The second-order valence-electron chi connectivity index (χ2n) is 4.91. The van der Waals surface area contributed by atoms with Gasteiger partial charge in [0.1, 0.15) is 0 Å². The molecule has 0 aromatic heterocycles. The summed E-state index contributed by atoms with van der Waals surface area (Å²) >= 11 is 0. The normalized spacial score (nSPS) is 21.4. The predicted octanol–water partition coefficient (Wildman–Crippen LogP) is 2.42. The van der Waals surface area contributed by atoms with Crippen LogP contribution in [-0.4, -0.2) is 29.6 Å². The van der Waals surface area contributed by atoms with Gasteiger partial charge in [0.25, 0.3) is 0 Å². The number of para-hydroxylation sites is 1. The Morgan fingerprint density at radius 1 is 1.39 bits per heavy atom. The van der Waals surface area contributed by atoms with Gasteiger partial charge in [-0.05, 0) is 38.3 Å². The van der Waals surface area contributed by atoms with Gasteiger partial charge in [-0.15, -0.1) is 0 Å². The SMILES string of the molecule is CC(N)C1CCCCN1C(=O)Nc1ccccc1. The molecule has 2 atom stereocenters. The van der Waals surface area contributed by atoms with Gasteiger partial charge in [-0.3, -0.25) is 0 Å². The molecule has 2 unspecified atom stereocenters. The number of benzene rings is 1. The maximum absolute atomic E-state index is 12.2. The van der Waals surface area contributed by atoms with Crippen LogP contribution in [0.25, 0.3) is 0 Å². The van der Waals surface area contributed by atoms with E-state index in [1.54, 1.807) is 0 Å². The molecule has 18 heavy (non-hydrogen) atoms. The lowest BCUT2D eigenvalue weighted by molar-refractivity contribution is 0.151. The lowest BCUT2D eigenvalue weighted by Crippen LogP contribution is -2.53. The Kier molecular flexibility index (Phi) is 4.20. The van der Waals surface area contributed by atoms with Crippen molar-refractivity contribution in [1.29, 1.82) is 0 Å². The van der Waals surface area contributed by atoms with Crippen LogP contribution in [0.2, 0.25) is 0 Å². The molecule has 4 nitrogen and oxygen atoms in total. The minimum absolute atomic E-state index is 0.0202. The Labute approximate surface area is 108 Å². The summed E-state index contributed by atoms with van der Waals surface area (Å²) in [4.78, 5) is 14.1. The van der Waals surface area contributed by atoms with Crippen LogP contribution in [0.5, 0.6) is 0 Å². The smallest absolute Gasteiger partial charge is 0.322 e. The second-order valence-corrected chi connectivity index (χ2v) is 4.91. The molecule has 4 heteroatoms. The fourth-order valence-corrected chi connectivity index (χ4v) is 2.47. The Morgan fingerprint density at radius 3 is 2.78 bits per heavy atom. The molecule has 0 bridgehead atoms. The van der Waals surface area contributed by atoms with E-state index in [4.69, 9.17) is 5.73 Å². The maximum atomic E-state index is 12.2. The molecule has 0 aliphatic carbocycles. The quantitative estimate of drug-likeness (QED) is 0.843. The van der Waals surface area contributed by atoms with Crippen LogP contribution in [0.3, 0.4) is 0 Å². The number of nitrogens with two attached hydrogens (primary N) is 1. The Hall–Kier alpha value is -1.55. The fraction of sp³-hybridized carbons (Fsp3) is 0.500. The van der Waals surface area contributed by atoms with Crippen LogP contribution in [0.15, 0.2) is 30.3 Å². The second kappa shape index (κ2) is 5.87. The van der Waals surface area contributed by atoms with E-state index in [0.29, 0.717) is 0 Å². The number of hydrogen-bond donors (Lipinski definition) is 2. The third-order valence-electron chi connectivity index (χ3n) is 3.44. The molecule has 2 amide bonds. The van der Waals surface area contributed by atoms with Crippen LogP contribution in [0.4, 0.5) is 10.5 Å². The number of likely N-dealkylation sites (tertiary alicyclic amines) is 1. The van der Waals surface area contributed by atoms with Crippen molar-refractivity contribution in [2.75, 3.05) is 11.9 Å². The number of anilines is 1. The zero-order chi connectivity index (χ0) is 13.0. The minimum atomic E-state index is -0.0387. The van der Waals surface area contributed by atoms with Crippen LogP contribution >= 0.6 is 0 Å².